The van der Waals surface area contributed by atoms with Gasteiger partial charge in [-0.2, -0.15) is 0 Å². The monoisotopic (exact) mass is 396 g/mol. The highest BCUT2D eigenvalue weighted by Crippen LogP contribution is 2.17. The van der Waals surface area contributed by atoms with E-state index in [1.54, 1.807) is 18.4 Å². The Labute approximate surface area is 137 Å². The van der Waals surface area contributed by atoms with Gasteiger partial charge in [0.25, 0.3) is 0 Å². The first-order chi connectivity index (χ1) is 8.71. The zero-order valence-corrected chi connectivity index (χ0v) is 15.4. The minimum absolute atomic E-state index is 0. The number of rotatable bonds is 6. The van der Waals surface area contributed by atoms with E-state index < -0.39 is 0 Å². The Morgan fingerprint density at radius 3 is 2.47 bits per heavy atom. The molecule has 0 aliphatic carbocycles. The first-order valence-corrected chi connectivity index (χ1v) is 7.42. The Morgan fingerprint density at radius 2 is 1.95 bits per heavy atom. The van der Waals surface area contributed by atoms with Gasteiger partial charge in [-0.1, -0.05) is 13.8 Å². The summed E-state index contributed by atoms with van der Waals surface area (Å²) in [5, 5.41) is 7.77. The molecule has 0 amide bonds. The van der Waals surface area contributed by atoms with Crippen LogP contribution in [-0.2, 0) is 12.8 Å². The van der Waals surface area contributed by atoms with Crippen molar-refractivity contribution in [2.75, 3.05) is 20.1 Å². The molecule has 0 aromatic carbocycles. The molecule has 0 bridgehead atoms. The van der Waals surface area contributed by atoms with Crippen molar-refractivity contribution in [3.05, 3.63) is 15.6 Å². The molecular weight excluding hydrogens is 371 g/mol. The first kappa shape index (κ1) is 18.6. The quantitative estimate of drug-likeness (QED) is 0.442. The van der Waals surface area contributed by atoms with Gasteiger partial charge >= 0.3 is 0 Å². The number of aryl methyl sites for hydroxylation is 2. The van der Waals surface area contributed by atoms with Crippen LogP contribution in [0.4, 0.5) is 0 Å². The fourth-order valence-electron chi connectivity index (χ4n) is 1.67. The fourth-order valence-corrected chi connectivity index (χ4v) is 2.70. The van der Waals surface area contributed by atoms with Gasteiger partial charge in [-0.3, -0.25) is 4.99 Å². The van der Waals surface area contributed by atoms with E-state index in [-0.39, 0.29) is 24.0 Å². The molecule has 2 N–H and O–H groups in total. The van der Waals surface area contributed by atoms with E-state index in [0.29, 0.717) is 0 Å². The summed E-state index contributed by atoms with van der Waals surface area (Å²) in [6, 6.07) is 0. The molecule has 1 aromatic rings. The summed E-state index contributed by atoms with van der Waals surface area (Å²) in [6.45, 7) is 8.27. The summed E-state index contributed by atoms with van der Waals surface area (Å²) in [5.41, 5.74) is 1.24. The maximum absolute atomic E-state index is 4.63. The van der Waals surface area contributed by atoms with Crippen molar-refractivity contribution in [1.82, 2.24) is 15.6 Å². The molecule has 1 aromatic heterocycles. The van der Waals surface area contributed by atoms with Gasteiger partial charge in [-0.25, -0.2) is 4.98 Å². The second kappa shape index (κ2) is 10.4. The molecule has 0 radical (unpaired) electrons. The zero-order chi connectivity index (χ0) is 13.4. The molecule has 19 heavy (non-hydrogen) atoms. The number of thiazole rings is 1. The number of guanidine groups is 1. The van der Waals surface area contributed by atoms with E-state index in [4.69, 9.17) is 0 Å². The van der Waals surface area contributed by atoms with Gasteiger partial charge in [0.05, 0.1) is 10.7 Å². The Bertz CT molecular complexity index is 390. The SMILES string of the molecule is CCCNC(=NC)NCCc1nc(CC)c(C)s1.I. The number of nitrogens with zero attached hydrogens (tertiary/aromatic N) is 2. The molecule has 0 saturated heterocycles. The standard InChI is InChI=1S/C13H24N4S.HI/c1-5-8-15-13(14-4)16-9-7-12-17-11(6-2)10(3)18-12;/h5-9H2,1-4H3,(H2,14,15,16);1H. The maximum Gasteiger partial charge on any atom is 0.190 e. The van der Waals surface area contributed by atoms with Crippen molar-refractivity contribution in [3.63, 3.8) is 0 Å². The molecule has 0 aliphatic heterocycles. The highest BCUT2D eigenvalue weighted by molar-refractivity contribution is 14.0. The van der Waals surface area contributed by atoms with Crippen LogP contribution in [0.15, 0.2) is 4.99 Å². The smallest absolute Gasteiger partial charge is 0.190 e. The normalized spacial score (nSPS) is 11.1. The van der Waals surface area contributed by atoms with E-state index in [1.165, 1.54) is 15.6 Å². The number of halogens is 1. The van der Waals surface area contributed by atoms with Gasteiger partial charge in [0, 0.05) is 31.4 Å². The van der Waals surface area contributed by atoms with Crippen LogP contribution in [0.3, 0.4) is 0 Å². The molecule has 0 spiro atoms. The predicted octanol–water partition coefficient (Wildman–Crippen LogP) is 2.75. The largest absolute Gasteiger partial charge is 0.356 e. The summed E-state index contributed by atoms with van der Waals surface area (Å²) in [5.74, 6) is 0.876. The third kappa shape index (κ3) is 6.56. The van der Waals surface area contributed by atoms with Crippen LogP contribution in [-0.4, -0.2) is 31.1 Å². The minimum atomic E-state index is 0. The lowest BCUT2D eigenvalue weighted by Crippen LogP contribution is -2.38. The summed E-state index contributed by atoms with van der Waals surface area (Å²) in [6.07, 6.45) is 3.08. The topological polar surface area (TPSA) is 49.3 Å². The van der Waals surface area contributed by atoms with Crippen LogP contribution in [0.25, 0.3) is 0 Å². The van der Waals surface area contributed by atoms with E-state index >= 15 is 0 Å². The molecule has 0 saturated carbocycles. The first-order valence-electron chi connectivity index (χ1n) is 6.60. The molecule has 1 heterocycles. The molecule has 0 fully saturated rings. The Hall–Kier alpha value is -0.370. The zero-order valence-electron chi connectivity index (χ0n) is 12.2. The van der Waals surface area contributed by atoms with Crippen LogP contribution in [0, 0.1) is 6.92 Å². The van der Waals surface area contributed by atoms with Gasteiger partial charge in [-0.15, -0.1) is 35.3 Å². The number of nitrogens with one attached hydrogen (secondary N) is 2. The van der Waals surface area contributed by atoms with E-state index in [9.17, 15) is 0 Å². The molecule has 110 valence electrons. The number of aromatic nitrogens is 1. The maximum atomic E-state index is 4.63. The lowest BCUT2D eigenvalue weighted by molar-refractivity contribution is 0.770. The van der Waals surface area contributed by atoms with Crippen molar-refractivity contribution < 1.29 is 0 Å². The molecule has 0 atom stereocenters. The molecule has 0 aliphatic rings. The van der Waals surface area contributed by atoms with Gasteiger partial charge in [0.2, 0.25) is 0 Å². The second-order valence-electron chi connectivity index (χ2n) is 4.14. The van der Waals surface area contributed by atoms with Crippen molar-refractivity contribution >= 4 is 41.3 Å². The second-order valence-corrected chi connectivity index (χ2v) is 5.43. The lowest BCUT2D eigenvalue weighted by Gasteiger charge is -2.09. The van der Waals surface area contributed by atoms with Gasteiger partial charge < -0.3 is 10.6 Å². The van der Waals surface area contributed by atoms with E-state index in [0.717, 1.165) is 38.3 Å². The average molecular weight is 396 g/mol. The third-order valence-electron chi connectivity index (χ3n) is 2.67. The Morgan fingerprint density at radius 1 is 1.26 bits per heavy atom. The van der Waals surface area contributed by atoms with Gasteiger partial charge in [0.15, 0.2) is 5.96 Å². The van der Waals surface area contributed by atoms with E-state index in [1.807, 2.05) is 0 Å². The molecule has 6 heteroatoms. The molecule has 4 nitrogen and oxygen atoms in total. The van der Waals surface area contributed by atoms with Crippen LogP contribution in [0.1, 0.15) is 35.8 Å². The molecule has 1 rings (SSSR count). The summed E-state index contributed by atoms with van der Waals surface area (Å²) >= 11 is 1.80. The third-order valence-corrected chi connectivity index (χ3v) is 3.74. The lowest BCUT2D eigenvalue weighted by atomic mass is 10.3. The van der Waals surface area contributed by atoms with Crippen LogP contribution >= 0.6 is 35.3 Å². The number of hydrogen-bond donors (Lipinski definition) is 2. The van der Waals surface area contributed by atoms with Crippen molar-refractivity contribution in [1.29, 1.82) is 0 Å². The summed E-state index contributed by atoms with van der Waals surface area (Å²) in [4.78, 5) is 10.2. The van der Waals surface area contributed by atoms with Crippen LogP contribution in [0.2, 0.25) is 0 Å². The summed E-state index contributed by atoms with van der Waals surface area (Å²) < 4.78 is 0. The van der Waals surface area contributed by atoms with Crippen molar-refractivity contribution in [2.45, 2.75) is 40.0 Å². The number of hydrogen-bond acceptors (Lipinski definition) is 3. The highest BCUT2D eigenvalue weighted by Gasteiger charge is 2.05. The fraction of sp³-hybridized carbons (Fsp3) is 0.692. The Balaban J connectivity index is 0.00000324. The Kier molecular flexibility index (Phi) is 10.2. The highest BCUT2D eigenvalue weighted by atomic mass is 127. The minimum Gasteiger partial charge on any atom is -0.356 e. The number of aliphatic imine (C=N–C) groups is 1. The predicted molar refractivity (Wildman–Crippen MR) is 95.0 cm³/mol. The van der Waals surface area contributed by atoms with E-state index in [2.05, 4.69) is 41.4 Å². The van der Waals surface area contributed by atoms with Crippen molar-refractivity contribution in [2.24, 2.45) is 4.99 Å². The molecule has 0 unspecified atom stereocenters. The van der Waals surface area contributed by atoms with Crippen LogP contribution in [0.5, 0.6) is 0 Å². The van der Waals surface area contributed by atoms with Crippen LogP contribution < -0.4 is 10.6 Å². The van der Waals surface area contributed by atoms with Gasteiger partial charge in [0.1, 0.15) is 0 Å². The van der Waals surface area contributed by atoms with Crippen molar-refractivity contribution in [3.8, 4) is 0 Å². The average Bonchev–Trinajstić information content (AvgIpc) is 2.74. The summed E-state index contributed by atoms with van der Waals surface area (Å²) in [7, 11) is 1.80. The van der Waals surface area contributed by atoms with Gasteiger partial charge in [-0.05, 0) is 19.8 Å². The molecular formula is C13H25IN4S.